The Hall–Kier alpha value is -2.82. The minimum atomic E-state index is -0.231. The van der Waals surface area contributed by atoms with E-state index in [2.05, 4.69) is 39.9 Å². The quantitative estimate of drug-likeness (QED) is 0.846. The van der Waals surface area contributed by atoms with Crippen molar-refractivity contribution >= 4 is 17.3 Å². The lowest BCUT2D eigenvalue weighted by Gasteiger charge is -2.49. The van der Waals surface area contributed by atoms with Crippen LogP contribution in [0.15, 0.2) is 61.2 Å². The molecule has 4 rings (SSSR count). The summed E-state index contributed by atoms with van der Waals surface area (Å²) in [5, 5.41) is 2.98. The Bertz CT molecular complexity index is 836. The molecule has 2 heterocycles. The van der Waals surface area contributed by atoms with Gasteiger partial charge >= 0.3 is 0 Å². The Kier molecular flexibility index (Phi) is 4.84. The Morgan fingerprint density at radius 1 is 1.19 bits per heavy atom. The van der Waals surface area contributed by atoms with Crippen molar-refractivity contribution in [2.24, 2.45) is 5.92 Å². The average Bonchev–Trinajstić information content (AvgIpc) is 2.71. The van der Waals surface area contributed by atoms with Crippen LogP contribution < -0.4 is 15.1 Å². The summed E-state index contributed by atoms with van der Waals surface area (Å²) in [5.41, 5.74) is 3.46. The van der Waals surface area contributed by atoms with Crippen molar-refractivity contribution in [3.05, 3.63) is 72.6 Å². The van der Waals surface area contributed by atoms with Gasteiger partial charge in [0.1, 0.15) is 5.82 Å². The summed E-state index contributed by atoms with van der Waals surface area (Å²) in [5.74, 6) is -0.283. The van der Waals surface area contributed by atoms with Crippen molar-refractivity contribution in [1.82, 2.24) is 5.32 Å². The number of carbonyl (C=O) groups is 1. The largest absolute Gasteiger partial charge is 0.368 e. The lowest BCUT2D eigenvalue weighted by Crippen LogP contribution is -2.61. The van der Waals surface area contributed by atoms with Crippen LogP contribution in [0.4, 0.5) is 15.8 Å². The van der Waals surface area contributed by atoms with Gasteiger partial charge in [0.2, 0.25) is 5.91 Å². The lowest BCUT2D eigenvalue weighted by molar-refractivity contribution is -0.125. The number of fused-ring (bicyclic) bond motifs is 3. The van der Waals surface area contributed by atoms with Gasteiger partial charge < -0.3 is 15.1 Å². The maximum atomic E-state index is 13.3. The number of piperazine rings is 1. The second-order valence-corrected chi connectivity index (χ2v) is 7.16. The van der Waals surface area contributed by atoms with E-state index in [1.807, 2.05) is 18.2 Å². The minimum absolute atomic E-state index is 0.0698. The second kappa shape index (κ2) is 7.43. The zero-order chi connectivity index (χ0) is 18.8. The van der Waals surface area contributed by atoms with Gasteiger partial charge in [-0.15, -0.1) is 6.58 Å². The number of halogens is 1. The fourth-order valence-electron chi connectivity index (χ4n) is 4.25. The topological polar surface area (TPSA) is 35.6 Å². The fourth-order valence-corrected chi connectivity index (χ4v) is 4.25. The van der Waals surface area contributed by atoms with Gasteiger partial charge in [0.05, 0.1) is 12.0 Å². The molecular weight excluding hydrogens is 341 g/mol. The predicted octanol–water partition coefficient (Wildman–Crippen LogP) is 3.00. The Morgan fingerprint density at radius 3 is 2.74 bits per heavy atom. The number of hydrogen-bond donors (Lipinski definition) is 1. The molecule has 0 unspecified atom stereocenters. The van der Waals surface area contributed by atoms with Crippen LogP contribution in [0.3, 0.4) is 0 Å². The summed E-state index contributed by atoms with van der Waals surface area (Å²) < 4.78 is 13.3. The SMILES string of the molecule is C=CCNC(=O)[C@@H]1Cc2ccccc2N2CCN(c3ccc(F)cc3)C[C@@H]12. The van der Waals surface area contributed by atoms with Gasteiger partial charge in [0.25, 0.3) is 0 Å². The first-order chi connectivity index (χ1) is 13.2. The first-order valence-electron chi connectivity index (χ1n) is 9.41. The van der Waals surface area contributed by atoms with E-state index in [1.165, 1.54) is 23.4 Å². The summed E-state index contributed by atoms with van der Waals surface area (Å²) in [6, 6.07) is 15.1. The molecule has 1 N–H and O–H groups in total. The third-order valence-corrected chi connectivity index (χ3v) is 5.57. The molecule has 1 saturated heterocycles. The van der Waals surface area contributed by atoms with E-state index < -0.39 is 0 Å². The van der Waals surface area contributed by atoms with Gasteiger partial charge in [0.15, 0.2) is 0 Å². The van der Waals surface area contributed by atoms with Gasteiger partial charge in [-0.3, -0.25) is 4.79 Å². The highest BCUT2D eigenvalue weighted by molar-refractivity contribution is 5.82. The number of hydrogen-bond acceptors (Lipinski definition) is 3. The van der Waals surface area contributed by atoms with Gasteiger partial charge in [0, 0.05) is 37.6 Å². The molecule has 0 spiro atoms. The maximum Gasteiger partial charge on any atom is 0.225 e. The van der Waals surface area contributed by atoms with Gasteiger partial charge in [-0.2, -0.15) is 0 Å². The average molecular weight is 365 g/mol. The minimum Gasteiger partial charge on any atom is -0.368 e. The van der Waals surface area contributed by atoms with Crippen molar-refractivity contribution in [3.8, 4) is 0 Å². The van der Waals surface area contributed by atoms with Gasteiger partial charge in [-0.25, -0.2) is 4.39 Å². The number of nitrogens with zero attached hydrogens (tertiary/aromatic N) is 2. The van der Waals surface area contributed by atoms with Crippen LogP contribution in [0.1, 0.15) is 5.56 Å². The van der Waals surface area contributed by atoms with Crippen LogP contribution in [-0.4, -0.2) is 38.1 Å². The number of carbonyl (C=O) groups excluding carboxylic acids is 1. The fraction of sp³-hybridized carbons (Fsp3) is 0.318. The summed E-state index contributed by atoms with van der Waals surface area (Å²) in [6.45, 7) is 6.59. The molecule has 2 atom stereocenters. The van der Waals surface area contributed by atoms with Crippen LogP contribution in [0, 0.1) is 11.7 Å². The Morgan fingerprint density at radius 2 is 1.96 bits per heavy atom. The third-order valence-electron chi connectivity index (χ3n) is 5.57. The highest BCUT2D eigenvalue weighted by Crippen LogP contribution is 2.36. The number of amides is 1. The first kappa shape index (κ1) is 17.6. The van der Waals surface area contributed by atoms with E-state index in [0.717, 1.165) is 31.7 Å². The van der Waals surface area contributed by atoms with E-state index in [0.29, 0.717) is 6.54 Å². The van der Waals surface area contributed by atoms with Crippen LogP contribution in [0.25, 0.3) is 0 Å². The maximum absolute atomic E-state index is 13.3. The van der Waals surface area contributed by atoms with Crippen LogP contribution in [0.5, 0.6) is 0 Å². The van der Waals surface area contributed by atoms with Crippen molar-refractivity contribution in [1.29, 1.82) is 0 Å². The summed E-state index contributed by atoms with van der Waals surface area (Å²) >= 11 is 0. The number of nitrogens with one attached hydrogen (secondary N) is 1. The van der Waals surface area contributed by atoms with E-state index >= 15 is 0 Å². The molecule has 0 radical (unpaired) electrons. The Labute approximate surface area is 159 Å². The zero-order valence-corrected chi connectivity index (χ0v) is 15.3. The molecule has 0 saturated carbocycles. The third kappa shape index (κ3) is 3.42. The molecule has 27 heavy (non-hydrogen) atoms. The normalized spacial score (nSPS) is 21.2. The van der Waals surface area contributed by atoms with E-state index in [1.54, 1.807) is 6.08 Å². The van der Waals surface area contributed by atoms with E-state index in [9.17, 15) is 9.18 Å². The highest BCUT2D eigenvalue weighted by atomic mass is 19.1. The number of benzene rings is 2. The Balaban J connectivity index is 1.63. The molecule has 0 aromatic heterocycles. The molecule has 2 aliphatic rings. The first-order valence-corrected chi connectivity index (χ1v) is 9.41. The van der Waals surface area contributed by atoms with Crippen molar-refractivity contribution in [2.45, 2.75) is 12.5 Å². The molecule has 140 valence electrons. The molecular formula is C22H24FN3O. The molecule has 0 aliphatic carbocycles. The smallest absolute Gasteiger partial charge is 0.225 e. The second-order valence-electron chi connectivity index (χ2n) is 7.16. The van der Waals surface area contributed by atoms with E-state index in [-0.39, 0.29) is 23.7 Å². The van der Waals surface area contributed by atoms with Crippen LogP contribution in [0.2, 0.25) is 0 Å². The molecule has 5 heteroatoms. The summed E-state index contributed by atoms with van der Waals surface area (Å²) in [4.78, 5) is 17.5. The molecule has 1 fully saturated rings. The van der Waals surface area contributed by atoms with Crippen molar-refractivity contribution < 1.29 is 9.18 Å². The van der Waals surface area contributed by atoms with Crippen LogP contribution >= 0.6 is 0 Å². The molecule has 2 aromatic carbocycles. The standard InChI is InChI=1S/C22H24FN3O/c1-2-11-24-22(27)19-14-16-5-3-4-6-20(16)26-13-12-25(15-21(19)26)18-9-7-17(23)8-10-18/h2-10,19,21H,1,11-15H2,(H,24,27)/t19-,21+/m1/s1. The lowest BCUT2D eigenvalue weighted by atomic mass is 9.83. The monoisotopic (exact) mass is 365 g/mol. The molecule has 0 bridgehead atoms. The number of para-hydroxylation sites is 1. The molecule has 1 amide bonds. The van der Waals surface area contributed by atoms with Crippen molar-refractivity contribution in [2.75, 3.05) is 36.0 Å². The van der Waals surface area contributed by atoms with Crippen LogP contribution in [-0.2, 0) is 11.2 Å². The molecule has 4 nitrogen and oxygen atoms in total. The van der Waals surface area contributed by atoms with Gasteiger partial charge in [-0.05, 0) is 42.3 Å². The number of anilines is 2. The number of rotatable bonds is 4. The van der Waals surface area contributed by atoms with E-state index in [4.69, 9.17) is 0 Å². The van der Waals surface area contributed by atoms with Gasteiger partial charge in [-0.1, -0.05) is 24.3 Å². The summed E-state index contributed by atoms with van der Waals surface area (Å²) in [6.07, 6.45) is 2.44. The molecule has 2 aromatic rings. The predicted molar refractivity (Wildman–Crippen MR) is 107 cm³/mol. The summed E-state index contributed by atoms with van der Waals surface area (Å²) in [7, 11) is 0. The molecule has 2 aliphatic heterocycles. The van der Waals surface area contributed by atoms with Crippen molar-refractivity contribution in [3.63, 3.8) is 0 Å². The highest BCUT2D eigenvalue weighted by Gasteiger charge is 2.41. The zero-order valence-electron chi connectivity index (χ0n) is 15.3.